The zero-order chi connectivity index (χ0) is 12.7. The highest BCUT2D eigenvalue weighted by Crippen LogP contribution is 2.32. The molecule has 1 aromatic carbocycles. The fourth-order valence-electron chi connectivity index (χ4n) is 1.23. The smallest absolute Gasteiger partial charge is 0.336 e. The third-order valence-corrected chi connectivity index (χ3v) is 3.81. The van der Waals surface area contributed by atoms with E-state index in [9.17, 15) is 24.6 Å². The summed E-state index contributed by atoms with van der Waals surface area (Å²) >= 11 is 0. The molecule has 0 unspecified atom stereocenters. The average Bonchev–Trinajstić information content (AvgIpc) is 1.97. The predicted octanol–water partition coefficient (Wildman–Crippen LogP) is 1.02. The summed E-state index contributed by atoms with van der Waals surface area (Å²) in [6.07, 6.45) is 0. The quantitative estimate of drug-likeness (QED) is 0.812. The van der Waals surface area contributed by atoms with E-state index in [1.165, 1.54) is 0 Å². The summed E-state index contributed by atoms with van der Waals surface area (Å²) in [4.78, 5) is -2.24. The molecule has 0 spiro atoms. The van der Waals surface area contributed by atoms with Crippen molar-refractivity contribution in [3.05, 3.63) is 17.7 Å². The second-order valence-electron chi connectivity index (χ2n) is 2.91. The molecule has 0 aromatic heterocycles. The van der Waals surface area contributed by atoms with Crippen molar-refractivity contribution in [3.8, 4) is 5.75 Å². The van der Waals surface area contributed by atoms with Crippen LogP contribution in [0, 0.1) is 6.92 Å². The van der Waals surface area contributed by atoms with Gasteiger partial charge in [-0.15, -0.1) is 7.77 Å². The van der Waals surface area contributed by atoms with Crippen molar-refractivity contribution in [2.75, 3.05) is 0 Å². The van der Waals surface area contributed by atoms with Gasteiger partial charge in [-0.1, -0.05) is 0 Å². The van der Waals surface area contributed by atoms with E-state index in [2.05, 4.69) is 0 Å². The molecule has 0 aliphatic heterocycles. The average molecular weight is 272 g/mol. The van der Waals surface area contributed by atoms with Gasteiger partial charge in [-0.25, -0.2) is 0 Å². The topological polar surface area (TPSA) is 88.5 Å². The van der Waals surface area contributed by atoms with Gasteiger partial charge in [0.15, 0.2) is 0 Å². The molecule has 9 heteroatoms. The Balaban J connectivity index is 3.79. The van der Waals surface area contributed by atoms with Crippen LogP contribution in [0.5, 0.6) is 5.75 Å². The predicted molar refractivity (Wildman–Crippen MR) is 49.4 cm³/mol. The van der Waals surface area contributed by atoms with Gasteiger partial charge < -0.3 is 5.11 Å². The molecule has 0 saturated carbocycles. The van der Waals surface area contributed by atoms with Crippen molar-refractivity contribution in [2.24, 2.45) is 0 Å². The van der Waals surface area contributed by atoms with E-state index >= 15 is 0 Å². The molecule has 5 nitrogen and oxygen atoms in total. The van der Waals surface area contributed by atoms with E-state index in [0.29, 0.717) is 12.1 Å². The number of aromatic hydroxyl groups is 1. The van der Waals surface area contributed by atoms with Crippen LogP contribution in [0.2, 0.25) is 0 Å². The summed E-state index contributed by atoms with van der Waals surface area (Å²) in [7, 11) is -10.5. The summed E-state index contributed by atoms with van der Waals surface area (Å²) in [6, 6.07) is 1.24. The third-order valence-electron chi connectivity index (χ3n) is 1.84. The maximum atomic E-state index is 12.7. The second kappa shape index (κ2) is 3.67. The number of halogens is 2. The zero-order valence-corrected chi connectivity index (χ0v) is 9.44. The molecule has 0 bridgehead atoms. The number of hydrogen-bond acceptors (Lipinski definition) is 5. The Morgan fingerprint density at radius 3 is 1.94 bits per heavy atom. The summed E-state index contributed by atoms with van der Waals surface area (Å²) in [6.45, 7) is 0.874. The second-order valence-corrected chi connectivity index (χ2v) is 5.51. The molecule has 1 N–H and O–H groups in total. The lowest BCUT2D eigenvalue weighted by Gasteiger charge is -2.06. The molecule has 0 aliphatic rings. The molecule has 0 saturated heterocycles. The van der Waals surface area contributed by atoms with Gasteiger partial charge in [-0.3, -0.25) is 0 Å². The maximum absolute atomic E-state index is 12.7. The Kier molecular flexibility index (Phi) is 2.94. The van der Waals surface area contributed by atoms with Crippen molar-refractivity contribution >= 4 is 20.4 Å². The zero-order valence-electron chi connectivity index (χ0n) is 7.81. The molecular weight excluding hydrogens is 266 g/mol. The SMILES string of the molecule is Cc1c(S(=O)(=O)F)ccc(O)c1S(=O)(=O)F. The minimum atomic E-state index is -5.33. The van der Waals surface area contributed by atoms with Crippen molar-refractivity contribution in [1.29, 1.82) is 0 Å². The Hall–Kier alpha value is -1.22. The lowest BCUT2D eigenvalue weighted by atomic mass is 10.2. The van der Waals surface area contributed by atoms with Gasteiger partial charge >= 0.3 is 20.4 Å². The van der Waals surface area contributed by atoms with Gasteiger partial charge in [-0.05, 0) is 24.6 Å². The van der Waals surface area contributed by atoms with E-state index in [-0.39, 0.29) is 0 Å². The van der Waals surface area contributed by atoms with Gasteiger partial charge in [0, 0.05) is 0 Å². The molecule has 1 aromatic rings. The lowest BCUT2D eigenvalue weighted by Crippen LogP contribution is -2.03. The lowest BCUT2D eigenvalue weighted by molar-refractivity contribution is 0.452. The number of rotatable bonds is 2. The van der Waals surface area contributed by atoms with E-state index in [0.717, 1.165) is 6.92 Å². The van der Waals surface area contributed by atoms with E-state index < -0.39 is 41.6 Å². The summed E-state index contributed by atoms with van der Waals surface area (Å²) in [5, 5.41) is 9.08. The highest BCUT2D eigenvalue weighted by atomic mass is 32.3. The van der Waals surface area contributed by atoms with Gasteiger partial charge in [0.05, 0.1) is 0 Å². The van der Waals surface area contributed by atoms with Crippen LogP contribution in [-0.2, 0) is 20.4 Å². The molecule has 0 aliphatic carbocycles. The Morgan fingerprint density at radius 2 is 1.56 bits per heavy atom. The van der Waals surface area contributed by atoms with Crippen molar-refractivity contribution in [3.63, 3.8) is 0 Å². The first-order valence-corrected chi connectivity index (χ1v) is 6.53. The van der Waals surface area contributed by atoms with Gasteiger partial charge in [0.1, 0.15) is 15.5 Å². The van der Waals surface area contributed by atoms with E-state index in [1.54, 1.807) is 0 Å². The molecule has 0 fully saturated rings. The number of hydrogen-bond donors (Lipinski definition) is 1. The number of phenolic OH excluding ortho intramolecular Hbond substituents is 1. The highest BCUT2D eigenvalue weighted by molar-refractivity contribution is 7.87. The molecule has 90 valence electrons. The Labute approximate surface area is 90.8 Å². The largest absolute Gasteiger partial charge is 0.506 e. The summed E-state index contributed by atoms with van der Waals surface area (Å²) in [5.74, 6) is -0.979. The molecule has 0 atom stereocenters. The van der Waals surface area contributed by atoms with Crippen molar-refractivity contribution in [2.45, 2.75) is 16.7 Å². The van der Waals surface area contributed by atoms with Crippen molar-refractivity contribution in [1.82, 2.24) is 0 Å². The summed E-state index contributed by atoms with van der Waals surface area (Å²) < 4.78 is 67.7. The van der Waals surface area contributed by atoms with Crippen LogP contribution in [0.15, 0.2) is 21.9 Å². The first-order valence-electron chi connectivity index (χ1n) is 3.77. The van der Waals surface area contributed by atoms with Gasteiger partial charge in [-0.2, -0.15) is 16.8 Å². The first kappa shape index (κ1) is 12.8. The van der Waals surface area contributed by atoms with Crippen LogP contribution < -0.4 is 0 Å². The molecule has 1 rings (SSSR count). The third kappa shape index (κ3) is 2.30. The summed E-state index contributed by atoms with van der Waals surface area (Å²) in [5.41, 5.74) is -0.704. The van der Waals surface area contributed by atoms with Crippen LogP contribution in [0.25, 0.3) is 0 Å². The number of benzene rings is 1. The van der Waals surface area contributed by atoms with Crippen LogP contribution in [0.3, 0.4) is 0 Å². The fraction of sp³-hybridized carbons (Fsp3) is 0.143. The molecule has 0 heterocycles. The van der Waals surface area contributed by atoms with Gasteiger partial charge in [0.2, 0.25) is 0 Å². The molecule has 16 heavy (non-hydrogen) atoms. The van der Waals surface area contributed by atoms with Crippen LogP contribution in [0.1, 0.15) is 5.56 Å². The molecular formula is C7H6F2O5S2. The molecule has 0 radical (unpaired) electrons. The standard InChI is InChI=1S/C7H6F2O5S2/c1-4-6(15(8,11)12)3-2-5(10)7(4)16(9,13)14/h2-3,10H,1H3. The minimum Gasteiger partial charge on any atom is -0.506 e. The normalized spacial score (nSPS) is 12.7. The van der Waals surface area contributed by atoms with Crippen LogP contribution >= 0.6 is 0 Å². The number of phenols is 1. The van der Waals surface area contributed by atoms with Gasteiger partial charge in [0.25, 0.3) is 0 Å². The van der Waals surface area contributed by atoms with Crippen LogP contribution in [0.4, 0.5) is 7.77 Å². The Morgan fingerprint density at radius 1 is 1.06 bits per heavy atom. The maximum Gasteiger partial charge on any atom is 0.336 e. The van der Waals surface area contributed by atoms with E-state index in [4.69, 9.17) is 5.11 Å². The highest BCUT2D eigenvalue weighted by Gasteiger charge is 2.27. The van der Waals surface area contributed by atoms with Crippen molar-refractivity contribution < 1.29 is 29.7 Å². The first-order chi connectivity index (χ1) is 7.05. The van der Waals surface area contributed by atoms with E-state index in [1.807, 2.05) is 0 Å². The minimum absolute atomic E-state index is 0.589. The molecule has 0 amide bonds. The monoisotopic (exact) mass is 272 g/mol. The van der Waals surface area contributed by atoms with Crippen LogP contribution in [-0.4, -0.2) is 21.9 Å². The Bertz CT molecular complexity index is 633. The fourth-order valence-corrected chi connectivity index (χ4v) is 2.79.